The van der Waals surface area contributed by atoms with E-state index < -0.39 is 0 Å². The Labute approximate surface area is 236 Å². The zero-order valence-electron chi connectivity index (χ0n) is 22.0. The van der Waals surface area contributed by atoms with Crippen LogP contribution in [0.1, 0.15) is 0 Å². The lowest BCUT2D eigenvalue weighted by Gasteiger charge is -2.33. The van der Waals surface area contributed by atoms with Gasteiger partial charge >= 0.3 is 0 Å². The summed E-state index contributed by atoms with van der Waals surface area (Å²) in [6.45, 7) is 0. The highest BCUT2D eigenvalue weighted by Crippen LogP contribution is 2.49. The molecule has 0 amide bonds. The van der Waals surface area contributed by atoms with Crippen molar-refractivity contribution in [1.82, 2.24) is 9.55 Å². The number of oxazole rings is 1. The number of hydrogen-bond acceptors (Lipinski definition) is 3. The minimum Gasteiger partial charge on any atom is -0.436 e. The zero-order valence-corrected chi connectivity index (χ0v) is 22.0. The maximum atomic E-state index is 6.19. The molecule has 4 nitrogen and oxygen atoms in total. The highest BCUT2D eigenvalue weighted by Gasteiger charge is 2.28. The van der Waals surface area contributed by atoms with E-state index in [9.17, 15) is 0 Å². The predicted molar refractivity (Wildman–Crippen MR) is 167 cm³/mol. The van der Waals surface area contributed by atoms with Crippen LogP contribution >= 0.6 is 0 Å². The minimum absolute atomic E-state index is 0.639. The van der Waals surface area contributed by atoms with Crippen molar-refractivity contribution in [2.45, 2.75) is 0 Å². The van der Waals surface area contributed by atoms with Crippen molar-refractivity contribution in [2.24, 2.45) is 0 Å². The molecular weight excluding hydrogens is 502 g/mol. The van der Waals surface area contributed by atoms with Crippen LogP contribution in [0.5, 0.6) is 0 Å². The van der Waals surface area contributed by atoms with Crippen molar-refractivity contribution < 1.29 is 4.42 Å². The van der Waals surface area contributed by atoms with Crippen molar-refractivity contribution >= 4 is 50.0 Å². The molecule has 0 saturated heterocycles. The molecule has 41 heavy (non-hydrogen) atoms. The molecule has 9 rings (SSSR count). The minimum atomic E-state index is 0.639. The average molecular weight is 526 g/mol. The van der Waals surface area contributed by atoms with E-state index in [0.717, 1.165) is 39.2 Å². The Balaban J connectivity index is 1.21. The molecular formula is C37H23N3O. The molecule has 0 spiro atoms. The highest BCUT2D eigenvalue weighted by atomic mass is 16.3. The monoisotopic (exact) mass is 525 g/mol. The smallest absolute Gasteiger partial charge is 0.227 e. The first kappa shape index (κ1) is 22.2. The summed E-state index contributed by atoms with van der Waals surface area (Å²) in [6.07, 6.45) is 0. The number of fused-ring (bicyclic) bond motifs is 6. The summed E-state index contributed by atoms with van der Waals surface area (Å²) in [5.41, 5.74) is 11.9. The van der Waals surface area contributed by atoms with Gasteiger partial charge in [-0.15, -0.1) is 0 Å². The summed E-state index contributed by atoms with van der Waals surface area (Å²) in [4.78, 5) is 7.11. The van der Waals surface area contributed by atoms with Crippen molar-refractivity contribution in [3.63, 3.8) is 0 Å². The van der Waals surface area contributed by atoms with E-state index >= 15 is 0 Å². The van der Waals surface area contributed by atoms with E-state index in [1.165, 1.54) is 33.2 Å². The molecule has 0 bridgehead atoms. The van der Waals surface area contributed by atoms with E-state index in [0.29, 0.717) is 5.89 Å². The normalized spacial score (nSPS) is 12.3. The molecule has 6 aromatic carbocycles. The Hall–Kier alpha value is -5.61. The van der Waals surface area contributed by atoms with E-state index in [4.69, 9.17) is 9.40 Å². The van der Waals surface area contributed by atoms with Crippen LogP contribution in [-0.2, 0) is 0 Å². The van der Waals surface area contributed by atoms with E-state index in [1.807, 2.05) is 36.4 Å². The van der Waals surface area contributed by atoms with Gasteiger partial charge in [0, 0.05) is 22.0 Å². The molecule has 0 atom stereocenters. The van der Waals surface area contributed by atoms with Crippen LogP contribution in [0.4, 0.5) is 17.1 Å². The van der Waals surface area contributed by atoms with Gasteiger partial charge in [0.15, 0.2) is 5.58 Å². The quantitative estimate of drug-likeness (QED) is 0.230. The van der Waals surface area contributed by atoms with Crippen LogP contribution in [0.25, 0.3) is 61.2 Å². The average Bonchev–Trinajstić information content (AvgIpc) is 3.62. The number of hydrogen-bond donors (Lipinski definition) is 0. The zero-order chi connectivity index (χ0) is 26.9. The third-order valence-corrected chi connectivity index (χ3v) is 8.12. The van der Waals surface area contributed by atoms with Gasteiger partial charge in [-0.05, 0) is 71.8 Å². The summed E-state index contributed by atoms with van der Waals surface area (Å²) in [7, 11) is 0. The lowest BCUT2D eigenvalue weighted by molar-refractivity contribution is 0.620. The predicted octanol–water partition coefficient (Wildman–Crippen LogP) is 10.0. The Morgan fingerprint density at radius 2 is 1.22 bits per heavy atom. The standard InChI is InChI=1S/C37H23N3O/c1-2-10-24(11-3-1)37-38-30-21-20-26(23-35(30)41-37)25-12-8-13-27(22-25)39-32-17-6-7-18-33(32)40-31-16-5-4-14-28(31)29-15-9-19-34(39)36(29)40/h1-23H. The summed E-state index contributed by atoms with van der Waals surface area (Å²) in [5.74, 6) is 0.639. The van der Waals surface area contributed by atoms with Gasteiger partial charge in [-0.25, -0.2) is 4.98 Å². The number of anilines is 3. The summed E-state index contributed by atoms with van der Waals surface area (Å²) in [6, 6.07) is 49.0. The van der Waals surface area contributed by atoms with Crippen LogP contribution in [0.2, 0.25) is 0 Å². The number of aromatic nitrogens is 2. The molecule has 1 aliphatic rings. The molecule has 0 radical (unpaired) electrons. The van der Waals surface area contributed by atoms with Gasteiger partial charge in [0.1, 0.15) is 5.52 Å². The van der Waals surface area contributed by atoms with Gasteiger partial charge in [0.05, 0.1) is 28.1 Å². The number of benzene rings is 6. The summed E-state index contributed by atoms with van der Waals surface area (Å²) >= 11 is 0. The van der Waals surface area contributed by atoms with Crippen LogP contribution < -0.4 is 4.90 Å². The molecule has 0 N–H and O–H groups in total. The molecule has 4 heteroatoms. The van der Waals surface area contributed by atoms with Crippen molar-refractivity contribution in [1.29, 1.82) is 0 Å². The fourth-order valence-electron chi connectivity index (χ4n) is 6.31. The van der Waals surface area contributed by atoms with E-state index in [2.05, 4.69) is 113 Å². The molecule has 0 unspecified atom stereocenters. The van der Waals surface area contributed by atoms with Crippen LogP contribution in [0.3, 0.4) is 0 Å². The SMILES string of the molecule is c1ccc(-c2nc3ccc(-c4cccc(N5c6ccccc6-n6c7ccccc7c7cccc5c76)c4)cc3o2)cc1. The molecule has 8 aromatic rings. The van der Waals surface area contributed by atoms with Gasteiger partial charge < -0.3 is 13.9 Å². The van der Waals surface area contributed by atoms with Crippen molar-refractivity contribution in [2.75, 3.05) is 4.90 Å². The van der Waals surface area contributed by atoms with E-state index in [1.54, 1.807) is 0 Å². The topological polar surface area (TPSA) is 34.2 Å². The summed E-state index contributed by atoms with van der Waals surface area (Å²) in [5, 5.41) is 2.53. The third-order valence-electron chi connectivity index (χ3n) is 8.12. The Bertz CT molecular complexity index is 2280. The number of para-hydroxylation sites is 4. The first-order valence-electron chi connectivity index (χ1n) is 13.8. The number of nitrogens with zero attached hydrogens (tertiary/aromatic N) is 3. The first-order valence-corrected chi connectivity index (χ1v) is 13.8. The largest absolute Gasteiger partial charge is 0.436 e. The Kier molecular flexibility index (Phi) is 4.58. The van der Waals surface area contributed by atoms with Gasteiger partial charge in [-0.3, -0.25) is 0 Å². The molecule has 1 aliphatic heterocycles. The first-order chi connectivity index (χ1) is 20.3. The Morgan fingerprint density at radius 1 is 0.512 bits per heavy atom. The second-order valence-corrected chi connectivity index (χ2v) is 10.5. The molecule has 192 valence electrons. The molecule has 2 aromatic heterocycles. The maximum Gasteiger partial charge on any atom is 0.227 e. The van der Waals surface area contributed by atoms with Crippen LogP contribution in [0.15, 0.2) is 144 Å². The lowest BCUT2D eigenvalue weighted by Crippen LogP contribution is -2.18. The third kappa shape index (κ3) is 3.25. The second kappa shape index (κ2) is 8.44. The van der Waals surface area contributed by atoms with Crippen LogP contribution in [-0.4, -0.2) is 9.55 Å². The van der Waals surface area contributed by atoms with Gasteiger partial charge in [-0.2, -0.15) is 0 Å². The molecule has 0 saturated carbocycles. The molecule has 0 fully saturated rings. The fourth-order valence-corrected chi connectivity index (χ4v) is 6.31. The lowest BCUT2D eigenvalue weighted by atomic mass is 10.0. The van der Waals surface area contributed by atoms with Gasteiger partial charge in [-0.1, -0.05) is 78.9 Å². The van der Waals surface area contributed by atoms with Crippen molar-refractivity contribution in [3.05, 3.63) is 140 Å². The van der Waals surface area contributed by atoms with Gasteiger partial charge in [0.2, 0.25) is 5.89 Å². The maximum absolute atomic E-state index is 6.19. The number of rotatable bonds is 3. The van der Waals surface area contributed by atoms with Crippen molar-refractivity contribution in [3.8, 4) is 28.3 Å². The van der Waals surface area contributed by atoms with Gasteiger partial charge in [0.25, 0.3) is 0 Å². The summed E-state index contributed by atoms with van der Waals surface area (Å²) < 4.78 is 8.61. The Morgan fingerprint density at radius 3 is 2.15 bits per heavy atom. The fraction of sp³-hybridized carbons (Fsp3) is 0. The second-order valence-electron chi connectivity index (χ2n) is 10.5. The van der Waals surface area contributed by atoms with Crippen LogP contribution in [0, 0.1) is 0 Å². The molecule has 0 aliphatic carbocycles. The molecule has 3 heterocycles. The van der Waals surface area contributed by atoms with E-state index in [-0.39, 0.29) is 0 Å². The highest BCUT2D eigenvalue weighted by molar-refractivity contribution is 6.16.